The van der Waals surface area contributed by atoms with Crippen LogP contribution in [0.5, 0.6) is 17.2 Å². The molecule has 21 heavy (non-hydrogen) atoms. The molecule has 104 valence electrons. The highest BCUT2D eigenvalue weighted by Gasteiger charge is 2.16. The smallest absolute Gasteiger partial charge is 0.279 e. The Bertz CT molecular complexity index is 833. The zero-order chi connectivity index (χ0) is 14.8. The fraction of sp³-hybridized carbons (Fsp3) is 0. The Morgan fingerprint density at radius 3 is 2.76 bits per heavy atom. The first kappa shape index (κ1) is 12.9. The fourth-order valence-electron chi connectivity index (χ4n) is 2.05. The second-order valence-corrected chi connectivity index (χ2v) is 4.34. The molecule has 0 atom stereocenters. The molecule has 0 spiro atoms. The lowest BCUT2D eigenvalue weighted by Crippen LogP contribution is -1.93. The van der Waals surface area contributed by atoms with Crippen LogP contribution >= 0.6 is 0 Å². The number of aromatic hydroxyl groups is 1. The second-order valence-electron chi connectivity index (χ2n) is 4.34. The first-order chi connectivity index (χ1) is 10.1. The number of nitrogens with zero attached hydrogens (tertiary/aromatic N) is 2. The van der Waals surface area contributed by atoms with Gasteiger partial charge in [0, 0.05) is 18.3 Å². The molecule has 6 heteroatoms. The van der Waals surface area contributed by atoms with Gasteiger partial charge in [-0.2, -0.15) is 0 Å². The van der Waals surface area contributed by atoms with E-state index in [1.807, 2.05) is 0 Å². The average Bonchev–Trinajstić information content (AvgIpc) is 2.47. The van der Waals surface area contributed by atoms with Gasteiger partial charge in [0.15, 0.2) is 5.75 Å². The van der Waals surface area contributed by atoms with Gasteiger partial charge in [0.1, 0.15) is 17.0 Å². The molecule has 0 amide bonds. The van der Waals surface area contributed by atoms with E-state index in [9.17, 15) is 15.2 Å². The number of ether oxygens (including phenoxy) is 1. The summed E-state index contributed by atoms with van der Waals surface area (Å²) in [5.41, 5.74) is 0.372. The molecule has 0 radical (unpaired) electrons. The molecule has 0 bridgehead atoms. The number of phenols is 1. The quantitative estimate of drug-likeness (QED) is 0.585. The molecular weight excluding hydrogens is 272 g/mol. The Labute approximate surface area is 119 Å². The summed E-state index contributed by atoms with van der Waals surface area (Å²) in [7, 11) is 0. The predicted molar refractivity (Wildman–Crippen MR) is 76.6 cm³/mol. The van der Waals surface area contributed by atoms with Gasteiger partial charge in [-0.25, -0.2) is 0 Å². The summed E-state index contributed by atoms with van der Waals surface area (Å²) in [5, 5.41) is 20.9. The van der Waals surface area contributed by atoms with Crippen LogP contribution in [0.3, 0.4) is 0 Å². The summed E-state index contributed by atoms with van der Waals surface area (Å²) in [6.45, 7) is 0. The van der Waals surface area contributed by atoms with Crippen LogP contribution in [0.15, 0.2) is 54.7 Å². The molecule has 0 fully saturated rings. The predicted octanol–water partition coefficient (Wildman–Crippen LogP) is 3.64. The third-order valence-electron chi connectivity index (χ3n) is 2.95. The third-order valence-corrected chi connectivity index (χ3v) is 2.95. The van der Waals surface area contributed by atoms with Gasteiger partial charge in [-0.05, 0) is 30.3 Å². The van der Waals surface area contributed by atoms with E-state index in [-0.39, 0.29) is 11.4 Å². The highest BCUT2D eigenvalue weighted by molar-refractivity contribution is 5.92. The zero-order valence-corrected chi connectivity index (χ0v) is 10.8. The van der Waals surface area contributed by atoms with Crippen molar-refractivity contribution in [1.82, 2.24) is 4.98 Å². The summed E-state index contributed by atoms with van der Waals surface area (Å²) in [6, 6.07) is 12.4. The molecule has 0 aliphatic carbocycles. The number of hydrogen-bond donors (Lipinski definition) is 1. The Hall–Kier alpha value is -3.15. The van der Waals surface area contributed by atoms with Gasteiger partial charge in [-0.15, -0.1) is 0 Å². The number of nitro benzene ring substituents is 1. The van der Waals surface area contributed by atoms with Gasteiger partial charge in [0.25, 0.3) is 5.69 Å². The standard InChI is InChI=1S/C15H10N2O4/c18-10-3-1-4-11(9-10)21-14-7-6-13(17(19)20)12-5-2-8-16-15(12)14/h1-9,18H. The molecule has 0 aliphatic heterocycles. The molecule has 1 heterocycles. The number of pyridine rings is 1. The van der Waals surface area contributed by atoms with Crippen LogP contribution in [0.2, 0.25) is 0 Å². The maximum atomic E-state index is 11.0. The number of benzene rings is 2. The van der Waals surface area contributed by atoms with Crippen molar-refractivity contribution in [3.05, 3.63) is 64.8 Å². The van der Waals surface area contributed by atoms with Gasteiger partial charge < -0.3 is 9.84 Å². The fourth-order valence-corrected chi connectivity index (χ4v) is 2.05. The zero-order valence-electron chi connectivity index (χ0n) is 10.8. The molecule has 0 aliphatic rings. The van der Waals surface area contributed by atoms with E-state index in [4.69, 9.17) is 4.74 Å². The van der Waals surface area contributed by atoms with E-state index in [0.717, 1.165) is 0 Å². The molecule has 0 saturated carbocycles. The van der Waals surface area contributed by atoms with Crippen molar-refractivity contribution in [1.29, 1.82) is 0 Å². The van der Waals surface area contributed by atoms with Crippen molar-refractivity contribution < 1.29 is 14.8 Å². The molecule has 1 N–H and O–H groups in total. The van der Waals surface area contributed by atoms with Crippen LogP contribution in [-0.2, 0) is 0 Å². The number of fused-ring (bicyclic) bond motifs is 1. The van der Waals surface area contributed by atoms with Gasteiger partial charge in [-0.3, -0.25) is 15.1 Å². The van der Waals surface area contributed by atoms with Crippen LogP contribution in [0.1, 0.15) is 0 Å². The van der Waals surface area contributed by atoms with Crippen molar-refractivity contribution in [2.75, 3.05) is 0 Å². The van der Waals surface area contributed by atoms with Crippen molar-refractivity contribution >= 4 is 16.6 Å². The van der Waals surface area contributed by atoms with Crippen LogP contribution in [0.25, 0.3) is 10.9 Å². The second kappa shape index (κ2) is 5.09. The molecular formula is C15H10N2O4. The minimum atomic E-state index is -0.456. The average molecular weight is 282 g/mol. The van der Waals surface area contributed by atoms with E-state index in [1.54, 1.807) is 30.5 Å². The summed E-state index contributed by atoms with van der Waals surface area (Å²) in [5.74, 6) is 0.893. The van der Waals surface area contributed by atoms with E-state index in [2.05, 4.69) is 4.98 Å². The van der Waals surface area contributed by atoms with E-state index in [1.165, 1.54) is 24.3 Å². The number of non-ortho nitro benzene ring substituents is 1. The lowest BCUT2D eigenvalue weighted by molar-refractivity contribution is -0.383. The van der Waals surface area contributed by atoms with Crippen LogP contribution in [-0.4, -0.2) is 15.0 Å². The first-order valence-electron chi connectivity index (χ1n) is 6.14. The third kappa shape index (κ3) is 2.46. The van der Waals surface area contributed by atoms with Crippen molar-refractivity contribution in [2.24, 2.45) is 0 Å². The lowest BCUT2D eigenvalue weighted by Gasteiger charge is -2.08. The van der Waals surface area contributed by atoms with Gasteiger partial charge in [0.05, 0.1) is 10.3 Å². The molecule has 3 aromatic rings. The van der Waals surface area contributed by atoms with Crippen molar-refractivity contribution in [3.63, 3.8) is 0 Å². The monoisotopic (exact) mass is 282 g/mol. The van der Waals surface area contributed by atoms with Crippen LogP contribution < -0.4 is 4.74 Å². The number of rotatable bonds is 3. The minimum Gasteiger partial charge on any atom is -0.508 e. The van der Waals surface area contributed by atoms with Crippen LogP contribution in [0.4, 0.5) is 5.69 Å². The largest absolute Gasteiger partial charge is 0.508 e. The maximum Gasteiger partial charge on any atom is 0.279 e. The summed E-state index contributed by atoms with van der Waals surface area (Å²) >= 11 is 0. The first-order valence-corrected chi connectivity index (χ1v) is 6.14. The Kier molecular flexibility index (Phi) is 3.12. The minimum absolute atomic E-state index is 0.0265. The lowest BCUT2D eigenvalue weighted by atomic mass is 10.1. The summed E-state index contributed by atoms with van der Waals surface area (Å²) in [4.78, 5) is 14.7. The van der Waals surface area contributed by atoms with E-state index >= 15 is 0 Å². The van der Waals surface area contributed by atoms with E-state index < -0.39 is 4.92 Å². The van der Waals surface area contributed by atoms with Crippen molar-refractivity contribution in [2.45, 2.75) is 0 Å². The van der Waals surface area contributed by atoms with E-state index in [0.29, 0.717) is 22.4 Å². The Morgan fingerprint density at radius 1 is 1.14 bits per heavy atom. The summed E-state index contributed by atoms with van der Waals surface area (Å²) < 4.78 is 5.66. The molecule has 0 saturated heterocycles. The van der Waals surface area contributed by atoms with Gasteiger partial charge in [0.2, 0.25) is 0 Å². The number of hydrogen-bond acceptors (Lipinski definition) is 5. The summed E-state index contributed by atoms with van der Waals surface area (Å²) in [6.07, 6.45) is 1.54. The number of nitro groups is 1. The van der Waals surface area contributed by atoms with Gasteiger partial charge in [-0.1, -0.05) is 6.07 Å². The normalized spacial score (nSPS) is 10.5. The number of phenolic OH excluding ortho intramolecular Hbond substituents is 1. The van der Waals surface area contributed by atoms with Crippen molar-refractivity contribution in [3.8, 4) is 17.2 Å². The highest BCUT2D eigenvalue weighted by Crippen LogP contribution is 2.34. The molecule has 0 unspecified atom stereocenters. The highest BCUT2D eigenvalue weighted by atomic mass is 16.6. The van der Waals surface area contributed by atoms with Crippen LogP contribution in [0, 0.1) is 10.1 Å². The Balaban J connectivity index is 2.12. The SMILES string of the molecule is O=[N+]([O-])c1ccc(Oc2cccc(O)c2)c2ncccc12. The molecule has 2 aromatic carbocycles. The maximum absolute atomic E-state index is 11.0. The Morgan fingerprint density at radius 2 is 2.00 bits per heavy atom. The number of aromatic nitrogens is 1. The molecule has 1 aromatic heterocycles. The molecule has 6 nitrogen and oxygen atoms in total. The molecule has 3 rings (SSSR count). The van der Waals surface area contributed by atoms with Gasteiger partial charge >= 0.3 is 0 Å². The topological polar surface area (TPSA) is 85.5 Å².